The number of nitrogens with zero attached hydrogens (tertiary/aromatic N) is 5. The maximum Gasteiger partial charge on any atom is 0.230 e. The minimum Gasteiger partial charge on any atom is -0.492 e. The van der Waals surface area contributed by atoms with Gasteiger partial charge in [0.05, 0.1) is 17.2 Å². The normalized spacial score (nSPS) is 15.7. The monoisotopic (exact) mass is 475 g/mol. The zero-order chi connectivity index (χ0) is 23.1. The van der Waals surface area contributed by atoms with E-state index in [1.165, 1.54) is 33.7 Å². The van der Waals surface area contributed by atoms with Crippen LogP contribution >= 0.6 is 11.3 Å². The molecule has 4 heterocycles. The highest BCUT2D eigenvalue weighted by molar-refractivity contribution is 7.17. The van der Waals surface area contributed by atoms with E-state index in [0.29, 0.717) is 16.5 Å². The Morgan fingerprint density at radius 3 is 2.38 bits per heavy atom. The van der Waals surface area contributed by atoms with Gasteiger partial charge in [0, 0.05) is 31.9 Å². The van der Waals surface area contributed by atoms with Gasteiger partial charge in [0.1, 0.15) is 5.82 Å². The molecule has 3 aromatic heterocycles. The first-order chi connectivity index (χ1) is 16.7. The third-order valence-electron chi connectivity index (χ3n) is 6.18. The molecule has 0 amide bonds. The molecule has 1 N–H and O–H groups in total. The Kier molecular flexibility index (Phi) is 5.27. The first-order valence-electron chi connectivity index (χ1n) is 11.1. The van der Waals surface area contributed by atoms with Gasteiger partial charge in [0.15, 0.2) is 5.76 Å². The molecular formula is C25H22FN5O2S. The number of anilines is 1. The topological polar surface area (TPSA) is 70.0 Å². The fraction of sp³-hybridized carbons (Fsp3) is 0.200. The lowest BCUT2D eigenvalue weighted by molar-refractivity contribution is 0.211. The van der Waals surface area contributed by atoms with Crippen LogP contribution in [0.3, 0.4) is 0 Å². The number of para-hydroxylation sites is 1. The molecule has 5 aromatic rings. The van der Waals surface area contributed by atoms with E-state index in [4.69, 9.17) is 4.42 Å². The molecule has 172 valence electrons. The summed E-state index contributed by atoms with van der Waals surface area (Å²) in [6.45, 7) is 3.29. The van der Waals surface area contributed by atoms with E-state index in [-0.39, 0.29) is 17.7 Å². The molecule has 2 aromatic carbocycles. The van der Waals surface area contributed by atoms with Gasteiger partial charge < -0.3 is 14.4 Å². The standard InChI is InChI=1S/C25H22FN5O2S/c26-18-10-8-17(9-11-18)21(30-14-12-29(13-15-30)19-5-2-1-3-6-19)22-24(32)31-25(34-22)27-23(28-31)20-7-4-16-33-20/h1-11,16,21,32H,12-15H2/t21-/m1/s1. The van der Waals surface area contributed by atoms with E-state index in [1.807, 2.05) is 18.2 Å². The van der Waals surface area contributed by atoms with Crippen molar-refractivity contribution in [3.8, 4) is 17.5 Å². The average Bonchev–Trinajstić information content (AvgIpc) is 3.61. The van der Waals surface area contributed by atoms with E-state index >= 15 is 0 Å². The number of halogens is 1. The predicted molar refractivity (Wildman–Crippen MR) is 129 cm³/mol. The maximum atomic E-state index is 13.7. The zero-order valence-electron chi connectivity index (χ0n) is 18.2. The predicted octanol–water partition coefficient (Wildman–Crippen LogP) is 4.81. The van der Waals surface area contributed by atoms with Gasteiger partial charge in [-0.1, -0.05) is 41.7 Å². The second-order valence-corrected chi connectivity index (χ2v) is 9.22. The lowest BCUT2D eigenvalue weighted by Crippen LogP contribution is -2.47. The number of aromatic hydroxyl groups is 1. The summed E-state index contributed by atoms with van der Waals surface area (Å²) in [5, 5.41) is 15.6. The molecule has 0 spiro atoms. The number of aromatic nitrogens is 3. The van der Waals surface area contributed by atoms with Gasteiger partial charge in [-0.3, -0.25) is 4.90 Å². The highest BCUT2D eigenvalue weighted by atomic mass is 32.1. The Hall–Kier alpha value is -3.69. The van der Waals surface area contributed by atoms with Crippen LogP contribution in [0.4, 0.5) is 10.1 Å². The second-order valence-electron chi connectivity index (χ2n) is 8.21. The van der Waals surface area contributed by atoms with E-state index in [1.54, 1.807) is 30.5 Å². The van der Waals surface area contributed by atoms with Crippen LogP contribution in [-0.4, -0.2) is 50.8 Å². The molecule has 1 aliphatic heterocycles. The summed E-state index contributed by atoms with van der Waals surface area (Å²) in [5.74, 6) is 0.730. The van der Waals surface area contributed by atoms with Crippen LogP contribution in [0.5, 0.6) is 5.88 Å². The highest BCUT2D eigenvalue weighted by Crippen LogP contribution is 2.41. The molecule has 9 heteroatoms. The third kappa shape index (κ3) is 3.72. The highest BCUT2D eigenvalue weighted by Gasteiger charge is 2.32. The van der Waals surface area contributed by atoms with Crippen molar-refractivity contribution in [2.75, 3.05) is 31.1 Å². The molecule has 7 nitrogen and oxygen atoms in total. The van der Waals surface area contributed by atoms with Crippen LogP contribution in [0.1, 0.15) is 16.5 Å². The van der Waals surface area contributed by atoms with Gasteiger partial charge in [0.25, 0.3) is 0 Å². The van der Waals surface area contributed by atoms with Crippen molar-refractivity contribution in [2.24, 2.45) is 0 Å². The fourth-order valence-electron chi connectivity index (χ4n) is 4.49. The first-order valence-corrected chi connectivity index (χ1v) is 11.9. The van der Waals surface area contributed by atoms with Crippen LogP contribution < -0.4 is 4.90 Å². The molecule has 0 bridgehead atoms. The lowest BCUT2D eigenvalue weighted by atomic mass is 10.0. The summed E-state index contributed by atoms with van der Waals surface area (Å²) in [7, 11) is 0. The molecule has 0 saturated carbocycles. The van der Waals surface area contributed by atoms with Gasteiger partial charge in [-0.2, -0.15) is 9.50 Å². The van der Waals surface area contributed by atoms with E-state index in [0.717, 1.165) is 36.6 Å². The largest absolute Gasteiger partial charge is 0.492 e. The number of thiazole rings is 1. The van der Waals surface area contributed by atoms with Crippen LogP contribution in [0, 0.1) is 5.82 Å². The van der Waals surface area contributed by atoms with E-state index in [9.17, 15) is 9.50 Å². The number of benzene rings is 2. The quantitative estimate of drug-likeness (QED) is 0.394. The number of hydrogen-bond donors (Lipinski definition) is 1. The molecule has 1 atom stereocenters. The number of piperazine rings is 1. The molecular weight excluding hydrogens is 453 g/mol. The van der Waals surface area contributed by atoms with Crippen molar-refractivity contribution in [2.45, 2.75) is 6.04 Å². The summed E-state index contributed by atoms with van der Waals surface area (Å²) in [5.41, 5.74) is 2.12. The minimum atomic E-state index is -0.286. The Morgan fingerprint density at radius 1 is 0.941 bits per heavy atom. The second kappa shape index (κ2) is 8.58. The van der Waals surface area contributed by atoms with Crippen molar-refractivity contribution in [1.82, 2.24) is 19.5 Å². The van der Waals surface area contributed by atoms with Crippen LogP contribution in [-0.2, 0) is 0 Å². The van der Waals surface area contributed by atoms with Crippen molar-refractivity contribution >= 4 is 22.0 Å². The summed E-state index contributed by atoms with van der Waals surface area (Å²) in [6.07, 6.45) is 1.56. The molecule has 1 fully saturated rings. The van der Waals surface area contributed by atoms with Crippen molar-refractivity contribution in [3.63, 3.8) is 0 Å². The number of rotatable bonds is 5. The van der Waals surface area contributed by atoms with Gasteiger partial charge in [-0.15, -0.1) is 5.10 Å². The van der Waals surface area contributed by atoms with E-state index < -0.39 is 0 Å². The van der Waals surface area contributed by atoms with Gasteiger partial charge in [-0.05, 0) is 42.0 Å². The Morgan fingerprint density at radius 2 is 1.71 bits per heavy atom. The number of fused-ring (bicyclic) bond motifs is 1. The van der Waals surface area contributed by atoms with Crippen LogP contribution in [0.2, 0.25) is 0 Å². The SMILES string of the molecule is Oc1c([C@@H](c2ccc(F)cc2)N2CCN(c3ccccc3)CC2)sc2nc(-c3ccco3)nn12. The van der Waals surface area contributed by atoms with Crippen molar-refractivity contribution < 1.29 is 13.9 Å². The third-order valence-corrected chi connectivity index (χ3v) is 7.25. The van der Waals surface area contributed by atoms with Crippen molar-refractivity contribution in [1.29, 1.82) is 0 Å². The average molecular weight is 476 g/mol. The molecule has 0 radical (unpaired) electrons. The van der Waals surface area contributed by atoms with Crippen LogP contribution in [0.15, 0.2) is 77.4 Å². The number of furan rings is 1. The van der Waals surface area contributed by atoms with E-state index in [2.05, 4.69) is 32.0 Å². The molecule has 1 aliphatic rings. The Bertz CT molecular complexity index is 1390. The summed E-state index contributed by atoms with van der Waals surface area (Å²) in [6, 6.07) is 20.2. The molecule has 0 aliphatic carbocycles. The zero-order valence-corrected chi connectivity index (χ0v) is 19.0. The summed E-state index contributed by atoms with van der Waals surface area (Å²) in [4.78, 5) is 10.6. The molecule has 6 rings (SSSR count). The number of hydrogen-bond acceptors (Lipinski definition) is 7. The first kappa shape index (κ1) is 20.9. The molecule has 0 unspecified atom stereocenters. The van der Waals surface area contributed by atoms with Crippen LogP contribution in [0.25, 0.3) is 16.5 Å². The lowest BCUT2D eigenvalue weighted by Gasteiger charge is -2.40. The molecule has 1 saturated heterocycles. The maximum absolute atomic E-state index is 13.7. The summed E-state index contributed by atoms with van der Waals surface area (Å²) < 4.78 is 20.6. The Balaban J connectivity index is 1.34. The van der Waals surface area contributed by atoms with Gasteiger partial charge >= 0.3 is 0 Å². The Labute approximate surface area is 199 Å². The van der Waals surface area contributed by atoms with Gasteiger partial charge in [0.2, 0.25) is 16.7 Å². The minimum absolute atomic E-state index is 0.0464. The smallest absolute Gasteiger partial charge is 0.230 e. The van der Waals surface area contributed by atoms with Gasteiger partial charge in [-0.25, -0.2) is 4.39 Å². The van der Waals surface area contributed by atoms with Crippen molar-refractivity contribution in [3.05, 3.63) is 89.3 Å². The molecule has 34 heavy (non-hydrogen) atoms. The fourth-order valence-corrected chi connectivity index (χ4v) is 5.61. The summed E-state index contributed by atoms with van der Waals surface area (Å²) >= 11 is 1.39.